The predicted octanol–water partition coefficient (Wildman–Crippen LogP) is 8.01. The van der Waals surface area contributed by atoms with Crippen molar-refractivity contribution in [1.82, 2.24) is 20.1 Å². The fraction of sp³-hybridized carbons (Fsp3) is 0.571. The van der Waals surface area contributed by atoms with Crippen molar-refractivity contribution in [1.29, 1.82) is 0 Å². The van der Waals surface area contributed by atoms with Crippen LogP contribution in [0.4, 0.5) is 10.1 Å². The molecule has 44 heavy (non-hydrogen) atoms. The summed E-state index contributed by atoms with van der Waals surface area (Å²) in [6.07, 6.45) is 14.0. The average Bonchev–Trinajstić information content (AvgIpc) is 3.96. The van der Waals surface area contributed by atoms with Gasteiger partial charge in [-0.05, 0) is 113 Å². The monoisotopic (exact) mass is 609 g/mol. The molecule has 1 amide bonds. The SMILES string of the molecule is O=C(N(CC12CCC(c3nc(C4CC4)no3)(CC1)CC2)c1cccc(-c2cnc3nc(C4CC4)sc3c2)c1)C12CC(F)(C1)C2. The first-order valence-corrected chi connectivity index (χ1v) is 17.4. The zero-order valence-electron chi connectivity index (χ0n) is 24.9. The lowest BCUT2D eigenvalue weighted by Gasteiger charge is -2.65. The maximum absolute atomic E-state index is 14.7. The first-order valence-electron chi connectivity index (χ1n) is 16.5. The van der Waals surface area contributed by atoms with E-state index in [1.54, 1.807) is 11.3 Å². The van der Waals surface area contributed by atoms with Gasteiger partial charge in [-0.15, -0.1) is 11.3 Å². The van der Waals surface area contributed by atoms with Gasteiger partial charge in [-0.3, -0.25) is 4.79 Å². The molecular weight excluding hydrogens is 573 g/mol. The minimum absolute atomic E-state index is 0.0211. The van der Waals surface area contributed by atoms with Crippen LogP contribution in [0.1, 0.15) is 112 Å². The number of halogens is 1. The van der Waals surface area contributed by atoms with E-state index in [9.17, 15) is 9.18 Å². The number of alkyl halides is 1. The molecule has 8 aliphatic carbocycles. The van der Waals surface area contributed by atoms with E-state index < -0.39 is 11.1 Å². The number of benzene rings is 1. The molecule has 0 atom stereocenters. The van der Waals surface area contributed by atoms with E-state index in [1.165, 1.54) is 30.7 Å². The third kappa shape index (κ3) is 3.93. The molecule has 0 radical (unpaired) electrons. The number of aromatic nitrogens is 4. The second kappa shape index (κ2) is 8.74. The number of hydrogen-bond acceptors (Lipinski definition) is 7. The van der Waals surface area contributed by atoms with Crippen LogP contribution in [-0.2, 0) is 10.2 Å². The standard InChI is InChI=1S/C35H36FN5O2S/c36-35-17-34(18-35,19-35)31(42)41(20-32-8-11-33(12-9-32,13-10-32)30-39-27(40-43-30)21-4-5-21)25-3-1-2-23(14-25)24-15-26-28(37-16-24)38-29(44-26)22-6-7-22/h1-3,14-16,21-22H,4-13,17-20H2. The van der Waals surface area contributed by atoms with Crippen LogP contribution in [0.5, 0.6) is 0 Å². The number of thiazole rings is 1. The molecule has 9 heteroatoms. The number of nitrogens with zero attached hydrogens (tertiary/aromatic N) is 5. The Morgan fingerprint density at radius 1 is 0.955 bits per heavy atom. The van der Waals surface area contributed by atoms with Gasteiger partial charge in [-0.1, -0.05) is 17.3 Å². The highest BCUT2D eigenvalue weighted by molar-refractivity contribution is 7.18. The third-order valence-corrected chi connectivity index (χ3v) is 13.2. The number of pyridine rings is 1. The average molecular weight is 610 g/mol. The Morgan fingerprint density at radius 3 is 2.41 bits per heavy atom. The van der Waals surface area contributed by atoms with Crippen molar-refractivity contribution in [3.05, 3.63) is 53.3 Å². The van der Waals surface area contributed by atoms with Crippen LogP contribution in [0.25, 0.3) is 21.5 Å². The zero-order chi connectivity index (χ0) is 29.3. The zero-order valence-corrected chi connectivity index (χ0v) is 25.7. The van der Waals surface area contributed by atoms with Crippen molar-refractivity contribution in [3.63, 3.8) is 0 Å². The van der Waals surface area contributed by atoms with Gasteiger partial charge in [0.15, 0.2) is 11.5 Å². The minimum Gasteiger partial charge on any atom is -0.339 e. The Bertz CT molecular complexity index is 1790. The summed E-state index contributed by atoms with van der Waals surface area (Å²) in [6, 6.07) is 10.5. The largest absolute Gasteiger partial charge is 0.339 e. The van der Waals surface area contributed by atoms with E-state index in [0.717, 1.165) is 77.4 Å². The Hall–Kier alpha value is -3.20. The van der Waals surface area contributed by atoms with E-state index in [4.69, 9.17) is 19.5 Å². The Balaban J connectivity index is 0.949. The number of anilines is 1. The lowest BCUT2D eigenvalue weighted by molar-refractivity contribution is -0.211. The summed E-state index contributed by atoms with van der Waals surface area (Å²) in [5.74, 6) is 2.95. The highest BCUT2D eigenvalue weighted by atomic mass is 32.1. The lowest BCUT2D eigenvalue weighted by atomic mass is 9.41. The molecule has 8 fully saturated rings. The van der Waals surface area contributed by atoms with Crippen LogP contribution >= 0.6 is 11.3 Å². The van der Waals surface area contributed by atoms with Crippen LogP contribution in [-0.4, -0.2) is 38.2 Å². The molecule has 8 saturated carbocycles. The van der Waals surface area contributed by atoms with Crippen molar-refractivity contribution in [3.8, 4) is 11.1 Å². The quantitative estimate of drug-likeness (QED) is 0.201. The maximum atomic E-state index is 14.7. The molecule has 8 aliphatic rings. The first kappa shape index (κ1) is 26.1. The fourth-order valence-electron chi connectivity index (χ4n) is 8.92. The van der Waals surface area contributed by atoms with Crippen molar-refractivity contribution in [2.75, 3.05) is 11.4 Å². The van der Waals surface area contributed by atoms with Crippen LogP contribution in [0.2, 0.25) is 0 Å². The lowest BCUT2D eigenvalue weighted by Crippen LogP contribution is -2.71. The second-order valence-corrected chi connectivity index (χ2v) is 16.3. The molecule has 4 bridgehead atoms. The third-order valence-electron chi connectivity index (χ3n) is 12.1. The van der Waals surface area contributed by atoms with Crippen LogP contribution in [0.15, 0.2) is 41.1 Å². The maximum Gasteiger partial charge on any atom is 0.233 e. The van der Waals surface area contributed by atoms with E-state index in [0.29, 0.717) is 37.6 Å². The molecule has 3 heterocycles. The molecule has 4 aromatic rings. The van der Waals surface area contributed by atoms with E-state index in [-0.39, 0.29) is 16.7 Å². The van der Waals surface area contributed by atoms with Gasteiger partial charge < -0.3 is 9.42 Å². The molecule has 0 N–H and O–H groups in total. The number of amides is 1. The summed E-state index contributed by atoms with van der Waals surface area (Å²) < 4.78 is 21.6. The molecule has 0 spiro atoms. The van der Waals surface area contributed by atoms with Gasteiger partial charge in [-0.25, -0.2) is 14.4 Å². The van der Waals surface area contributed by atoms with Crippen molar-refractivity contribution >= 4 is 33.3 Å². The van der Waals surface area contributed by atoms with Gasteiger partial charge in [0.05, 0.1) is 15.1 Å². The summed E-state index contributed by atoms with van der Waals surface area (Å²) in [4.78, 5) is 30.7. The highest BCUT2D eigenvalue weighted by Crippen LogP contribution is 2.70. The fourth-order valence-corrected chi connectivity index (χ4v) is 10.1. The molecule has 12 rings (SSSR count). The molecular formula is C35H36FN5O2S. The summed E-state index contributed by atoms with van der Waals surface area (Å²) in [6.45, 7) is 0.681. The van der Waals surface area contributed by atoms with Crippen LogP contribution < -0.4 is 4.90 Å². The Kier molecular flexibility index (Phi) is 5.18. The highest BCUT2D eigenvalue weighted by Gasteiger charge is 2.73. The molecule has 0 saturated heterocycles. The summed E-state index contributed by atoms with van der Waals surface area (Å²) in [7, 11) is 0. The topological polar surface area (TPSA) is 85.0 Å². The Labute approximate surface area is 259 Å². The number of hydrogen-bond donors (Lipinski definition) is 0. The molecule has 7 nitrogen and oxygen atoms in total. The number of rotatable bonds is 8. The second-order valence-electron chi connectivity index (χ2n) is 15.3. The molecule has 226 valence electrons. The predicted molar refractivity (Wildman–Crippen MR) is 165 cm³/mol. The summed E-state index contributed by atoms with van der Waals surface area (Å²) >= 11 is 1.76. The first-order chi connectivity index (χ1) is 21.3. The van der Waals surface area contributed by atoms with Crippen molar-refractivity contribution in [2.45, 2.75) is 106 Å². The molecule has 0 aliphatic heterocycles. The van der Waals surface area contributed by atoms with Crippen LogP contribution in [0, 0.1) is 10.8 Å². The van der Waals surface area contributed by atoms with E-state index in [2.05, 4.69) is 29.4 Å². The number of carbonyl (C=O) groups is 1. The van der Waals surface area contributed by atoms with Crippen molar-refractivity contribution in [2.24, 2.45) is 10.8 Å². The molecule has 1 aromatic carbocycles. The van der Waals surface area contributed by atoms with E-state index in [1.807, 2.05) is 17.2 Å². The molecule has 0 unspecified atom stereocenters. The van der Waals surface area contributed by atoms with Gasteiger partial charge in [0.25, 0.3) is 0 Å². The number of carbonyl (C=O) groups excluding carboxylic acids is 1. The Morgan fingerprint density at radius 2 is 1.70 bits per heavy atom. The van der Waals surface area contributed by atoms with Gasteiger partial charge in [0.2, 0.25) is 11.8 Å². The van der Waals surface area contributed by atoms with Gasteiger partial charge >= 0.3 is 0 Å². The smallest absolute Gasteiger partial charge is 0.233 e. The van der Waals surface area contributed by atoms with Crippen LogP contribution in [0.3, 0.4) is 0 Å². The van der Waals surface area contributed by atoms with Gasteiger partial charge in [0.1, 0.15) is 5.67 Å². The number of fused-ring (bicyclic) bond motifs is 4. The minimum atomic E-state index is -1.12. The summed E-state index contributed by atoms with van der Waals surface area (Å²) in [5.41, 5.74) is 2.20. The van der Waals surface area contributed by atoms with Crippen molar-refractivity contribution < 1.29 is 13.7 Å². The normalized spacial score (nSPS) is 33.7. The van der Waals surface area contributed by atoms with Gasteiger partial charge in [0, 0.05) is 41.2 Å². The molecule has 3 aromatic heterocycles. The van der Waals surface area contributed by atoms with E-state index >= 15 is 0 Å². The van der Waals surface area contributed by atoms with Gasteiger partial charge in [-0.2, -0.15) is 4.98 Å². The summed E-state index contributed by atoms with van der Waals surface area (Å²) in [5, 5.41) is 5.53.